The van der Waals surface area contributed by atoms with Crippen LogP contribution in [0.4, 0.5) is 5.69 Å². The van der Waals surface area contributed by atoms with Gasteiger partial charge in [0.25, 0.3) is 0 Å². The second kappa shape index (κ2) is 6.50. The summed E-state index contributed by atoms with van der Waals surface area (Å²) < 4.78 is 17.0. The van der Waals surface area contributed by atoms with Crippen LogP contribution in [0.1, 0.15) is 37.8 Å². The molecule has 1 saturated heterocycles. The number of ether oxygens (including phenoxy) is 3. The number of fused-ring (bicyclic) bond motifs is 2. The van der Waals surface area contributed by atoms with Crippen molar-refractivity contribution in [1.29, 1.82) is 0 Å². The summed E-state index contributed by atoms with van der Waals surface area (Å²) in [5, 5.41) is 7.91. The van der Waals surface area contributed by atoms with E-state index in [-0.39, 0.29) is 0 Å². The van der Waals surface area contributed by atoms with Crippen LogP contribution in [0.2, 0.25) is 0 Å². The van der Waals surface area contributed by atoms with E-state index in [1.165, 1.54) is 24.2 Å². The molecule has 0 saturated carbocycles. The Morgan fingerprint density at radius 1 is 1.16 bits per heavy atom. The number of H-pyrrole nitrogens is 1. The average Bonchev–Trinajstić information content (AvgIpc) is 3.14. The molecule has 1 aromatic heterocycles. The van der Waals surface area contributed by atoms with Crippen LogP contribution in [0.5, 0.6) is 17.2 Å². The van der Waals surface area contributed by atoms with Gasteiger partial charge in [-0.1, -0.05) is 6.92 Å². The summed E-state index contributed by atoms with van der Waals surface area (Å²) in [6.45, 7) is 4.92. The lowest BCUT2D eigenvalue weighted by Gasteiger charge is -2.40. The quantitative estimate of drug-likeness (QED) is 0.869. The van der Waals surface area contributed by atoms with Gasteiger partial charge in [0.2, 0.25) is 5.75 Å². The number of nitrogens with one attached hydrogen (secondary N) is 1. The van der Waals surface area contributed by atoms with Crippen LogP contribution in [-0.4, -0.2) is 44.1 Å². The average molecular weight is 343 g/mol. The summed E-state index contributed by atoms with van der Waals surface area (Å²) in [5.41, 5.74) is 4.48. The van der Waals surface area contributed by atoms with E-state index < -0.39 is 0 Å². The molecular weight excluding hydrogens is 318 g/mol. The largest absolute Gasteiger partial charge is 0.493 e. The van der Waals surface area contributed by atoms with Crippen molar-refractivity contribution in [1.82, 2.24) is 10.2 Å². The van der Waals surface area contributed by atoms with Crippen molar-refractivity contribution < 1.29 is 14.2 Å². The molecule has 0 spiro atoms. The van der Waals surface area contributed by atoms with E-state index in [4.69, 9.17) is 14.2 Å². The lowest BCUT2D eigenvalue weighted by Crippen LogP contribution is -2.38. The van der Waals surface area contributed by atoms with Crippen LogP contribution < -0.4 is 19.1 Å². The predicted octanol–water partition coefficient (Wildman–Crippen LogP) is 3.58. The van der Waals surface area contributed by atoms with Gasteiger partial charge >= 0.3 is 0 Å². The van der Waals surface area contributed by atoms with Gasteiger partial charge in [0.05, 0.1) is 32.2 Å². The Morgan fingerprint density at radius 2 is 1.84 bits per heavy atom. The molecule has 134 valence electrons. The fourth-order valence-electron chi connectivity index (χ4n) is 3.91. The van der Waals surface area contributed by atoms with Gasteiger partial charge in [0, 0.05) is 24.6 Å². The molecule has 6 heteroatoms. The van der Waals surface area contributed by atoms with Crippen molar-refractivity contribution in [3.8, 4) is 28.5 Å². The van der Waals surface area contributed by atoms with E-state index in [1.807, 2.05) is 12.1 Å². The number of hydrogen-bond donors (Lipinski definition) is 1. The van der Waals surface area contributed by atoms with Crippen molar-refractivity contribution >= 4 is 5.69 Å². The smallest absolute Gasteiger partial charge is 0.203 e. The Morgan fingerprint density at radius 3 is 2.44 bits per heavy atom. The molecule has 0 aliphatic carbocycles. The maximum atomic E-state index is 5.84. The molecular formula is C19H25N3O3. The van der Waals surface area contributed by atoms with Gasteiger partial charge < -0.3 is 19.1 Å². The Hall–Kier alpha value is -2.37. The number of aromatic nitrogens is 2. The minimum Gasteiger partial charge on any atom is -0.493 e. The highest BCUT2D eigenvalue weighted by Gasteiger charge is 2.35. The van der Waals surface area contributed by atoms with Gasteiger partial charge in [-0.2, -0.15) is 5.10 Å². The van der Waals surface area contributed by atoms with Crippen LogP contribution in [0.25, 0.3) is 11.3 Å². The maximum absolute atomic E-state index is 5.84. The molecule has 2 aromatic rings. The number of hydrogen-bond acceptors (Lipinski definition) is 5. The first-order chi connectivity index (χ1) is 12.3. The van der Waals surface area contributed by atoms with Gasteiger partial charge in [-0.05, 0) is 31.4 Å². The number of piperidine rings is 1. The molecule has 3 aliphatic rings. The third-order valence-corrected chi connectivity index (χ3v) is 5.17. The Kier molecular flexibility index (Phi) is 4.19. The summed E-state index contributed by atoms with van der Waals surface area (Å²) >= 11 is 0. The molecule has 0 unspecified atom stereocenters. The van der Waals surface area contributed by atoms with E-state index >= 15 is 0 Å². The zero-order chi connectivity index (χ0) is 17.4. The van der Waals surface area contributed by atoms with Crippen LogP contribution >= 0.6 is 0 Å². The summed E-state index contributed by atoms with van der Waals surface area (Å²) in [6.07, 6.45) is 3.35. The fraction of sp³-hybridized carbons (Fsp3) is 0.526. The molecule has 6 nitrogen and oxygen atoms in total. The zero-order valence-electron chi connectivity index (χ0n) is 15.1. The van der Waals surface area contributed by atoms with Gasteiger partial charge in [-0.15, -0.1) is 0 Å². The molecule has 3 aliphatic heterocycles. The SMILES string of the molecule is CCCOc1c(OC)cc(-c2n[nH]c3c2N2CCC3CC2)cc1OC. The van der Waals surface area contributed by atoms with Crippen LogP contribution in [0, 0.1) is 0 Å². The standard InChI is InChI=1S/C19H25N3O3/c1-4-9-25-19-14(23-2)10-13(11-15(19)24-3)17-18-16(20-21-17)12-5-7-22(18)8-6-12/h10-12H,4-9H2,1-3H3,(H,20,21). The first-order valence-corrected chi connectivity index (χ1v) is 8.99. The molecule has 0 radical (unpaired) electrons. The lowest BCUT2D eigenvalue weighted by atomic mass is 9.86. The summed E-state index contributed by atoms with van der Waals surface area (Å²) in [7, 11) is 3.31. The van der Waals surface area contributed by atoms with Crippen LogP contribution in [0.3, 0.4) is 0 Å². The number of methoxy groups -OCH3 is 2. The highest BCUT2D eigenvalue weighted by atomic mass is 16.5. The monoisotopic (exact) mass is 343 g/mol. The molecule has 0 atom stereocenters. The van der Waals surface area contributed by atoms with Crippen LogP contribution in [-0.2, 0) is 0 Å². The van der Waals surface area contributed by atoms with Gasteiger partial charge in [0.1, 0.15) is 5.69 Å². The Labute approximate surface area is 148 Å². The normalized spacial score (nSPS) is 16.0. The van der Waals surface area contributed by atoms with Crippen LogP contribution in [0.15, 0.2) is 12.1 Å². The minimum absolute atomic E-state index is 0.609. The minimum atomic E-state index is 0.609. The van der Waals surface area contributed by atoms with Crippen molar-refractivity contribution in [2.45, 2.75) is 32.1 Å². The van der Waals surface area contributed by atoms with Crippen molar-refractivity contribution in [2.75, 3.05) is 38.8 Å². The van der Waals surface area contributed by atoms with E-state index in [9.17, 15) is 0 Å². The molecule has 4 heterocycles. The molecule has 2 bridgehead atoms. The maximum Gasteiger partial charge on any atom is 0.203 e. The van der Waals surface area contributed by atoms with E-state index in [0.717, 1.165) is 30.8 Å². The van der Waals surface area contributed by atoms with Crippen molar-refractivity contribution in [2.24, 2.45) is 0 Å². The topological polar surface area (TPSA) is 59.6 Å². The number of aromatic amines is 1. The number of anilines is 1. The first kappa shape index (κ1) is 16.1. The summed E-state index contributed by atoms with van der Waals surface area (Å²) in [6, 6.07) is 3.99. The fourth-order valence-corrected chi connectivity index (χ4v) is 3.91. The molecule has 1 N–H and O–H groups in total. The Bertz CT molecular complexity index is 738. The van der Waals surface area contributed by atoms with Gasteiger partial charge in [-0.25, -0.2) is 0 Å². The second-order valence-corrected chi connectivity index (χ2v) is 6.65. The zero-order valence-corrected chi connectivity index (χ0v) is 15.1. The van der Waals surface area contributed by atoms with E-state index in [2.05, 4.69) is 22.0 Å². The van der Waals surface area contributed by atoms with Crippen molar-refractivity contribution in [3.63, 3.8) is 0 Å². The third-order valence-electron chi connectivity index (χ3n) is 5.17. The number of nitrogens with zero attached hydrogens (tertiary/aromatic N) is 2. The summed E-state index contributed by atoms with van der Waals surface area (Å²) in [5.74, 6) is 2.62. The predicted molar refractivity (Wildman–Crippen MR) is 97.1 cm³/mol. The molecule has 1 fully saturated rings. The first-order valence-electron chi connectivity index (χ1n) is 8.99. The molecule has 1 aromatic carbocycles. The highest BCUT2D eigenvalue weighted by Crippen LogP contribution is 2.48. The lowest BCUT2D eigenvalue weighted by molar-refractivity contribution is 0.275. The number of benzene rings is 1. The van der Waals surface area contributed by atoms with E-state index in [0.29, 0.717) is 29.8 Å². The molecule has 5 rings (SSSR count). The summed E-state index contributed by atoms with van der Waals surface area (Å²) in [4.78, 5) is 2.44. The van der Waals surface area contributed by atoms with Gasteiger partial charge in [-0.3, -0.25) is 5.10 Å². The second-order valence-electron chi connectivity index (χ2n) is 6.65. The molecule has 0 amide bonds. The Balaban J connectivity index is 1.79. The highest BCUT2D eigenvalue weighted by molar-refractivity contribution is 5.81. The van der Waals surface area contributed by atoms with E-state index in [1.54, 1.807) is 14.2 Å². The molecule has 25 heavy (non-hydrogen) atoms. The number of rotatable bonds is 6. The third kappa shape index (κ3) is 2.60. The van der Waals surface area contributed by atoms with Crippen molar-refractivity contribution in [3.05, 3.63) is 17.8 Å². The van der Waals surface area contributed by atoms with Gasteiger partial charge in [0.15, 0.2) is 11.5 Å².